The third kappa shape index (κ3) is 3.63. The molecule has 5 heteroatoms. The standard InChI is InChI=1S/C25H36N4O/c1-18(2)30-23-9-7-22(8-10-23)29-16-25(17-29)14-28(15-25)20(4)27-12-11-21-6-5-19(3)26-24(21)13-27/h7-10,18,21,24,26H,3-6,11-17H2,1-2H3. The monoisotopic (exact) mass is 408 g/mol. The van der Waals surface area contributed by atoms with E-state index < -0.39 is 0 Å². The van der Waals surface area contributed by atoms with E-state index in [2.05, 4.69) is 71.3 Å². The van der Waals surface area contributed by atoms with Crippen LogP contribution in [0.3, 0.4) is 0 Å². The fourth-order valence-corrected chi connectivity index (χ4v) is 5.74. The van der Waals surface area contributed by atoms with Crippen LogP contribution in [0.4, 0.5) is 5.69 Å². The molecule has 0 bridgehead atoms. The average molecular weight is 409 g/mol. The molecule has 0 amide bonds. The Morgan fingerprint density at radius 1 is 1.10 bits per heavy atom. The Bertz CT molecular complexity index is 803. The third-order valence-electron chi connectivity index (χ3n) is 7.37. The van der Waals surface area contributed by atoms with E-state index in [1.165, 1.54) is 30.0 Å². The van der Waals surface area contributed by atoms with Crippen LogP contribution in [-0.2, 0) is 0 Å². The molecule has 2 unspecified atom stereocenters. The van der Waals surface area contributed by atoms with Crippen molar-refractivity contribution in [3.05, 3.63) is 48.9 Å². The van der Waals surface area contributed by atoms with Crippen LogP contribution in [0.2, 0.25) is 0 Å². The fourth-order valence-electron chi connectivity index (χ4n) is 5.74. The SMILES string of the molecule is C=C1CCC2CCN(C(=C)N3CC4(C3)CN(c3ccc(OC(C)C)cc3)C4)CC2N1. The Labute approximate surface area is 181 Å². The number of benzene rings is 1. The van der Waals surface area contributed by atoms with E-state index in [1.54, 1.807) is 0 Å². The Balaban J connectivity index is 1.10. The van der Waals surface area contributed by atoms with E-state index in [0.717, 1.165) is 57.4 Å². The molecule has 0 saturated carbocycles. The Morgan fingerprint density at radius 2 is 1.83 bits per heavy atom. The van der Waals surface area contributed by atoms with E-state index in [9.17, 15) is 0 Å². The zero-order valence-electron chi connectivity index (χ0n) is 18.6. The highest BCUT2D eigenvalue weighted by Gasteiger charge is 2.52. The molecule has 4 aliphatic rings. The molecule has 0 aliphatic carbocycles. The van der Waals surface area contributed by atoms with Crippen molar-refractivity contribution >= 4 is 5.69 Å². The topological polar surface area (TPSA) is 31.0 Å². The lowest BCUT2D eigenvalue weighted by atomic mass is 9.72. The summed E-state index contributed by atoms with van der Waals surface area (Å²) in [7, 11) is 0. The van der Waals surface area contributed by atoms with Gasteiger partial charge in [-0.15, -0.1) is 0 Å². The Kier molecular flexibility index (Phi) is 4.87. The summed E-state index contributed by atoms with van der Waals surface area (Å²) in [5, 5.41) is 3.64. The molecule has 162 valence electrons. The minimum Gasteiger partial charge on any atom is -0.491 e. The summed E-state index contributed by atoms with van der Waals surface area (Å²) in [4.78, 5) is 7.49. The molecule has 5 nitrogen and oxygen atoms in total. The molecule has 1 N–H and O–H groups in total. The number of fused-ring (bicyclic) bond motifs is 1. The molecule has 1 aromatic carbocycles. The van der Waals surface area contributed by atoms with Crippen LogP contribution in [0, 0.1) is 11.3 Å². The van der Waals surface area contributed by atoms with Gasteiger partial charge in [-0.1, -0.05) is 13.2 Å². The average Bonchev–Trinajstić information content (AvgIpc) is 2.65. The lowest BCUT2D eigenvalue weighted by Crippen LogP contribution is -2.72. The molecule has 4 heterocycles. The van der Waals surface area contributed by atoms with Gasteiger partial charge in [0, 0.05) is 62.1 Å². The van der Waals surface area contributed by atoms with E-state index in [4.69, 9.17) is 4.74 Å². The number of piperidine rings is 2. The van der Waals surface area contributed by atoms with Gasteiger partial charge in [0.15, 0.2) is 0 Å². The number of rotatable bonds is 5. The van der Waals surface area contributed by atoms with Crippen molar-refractivity contribution in [2.45, 2.75) is 45.3 Å². The van der Waals surface area contributed by atoms with Crippen LogP contribution < -0.4 is 15.0 Å². The van der Waals surface area contributed by atoms with Crippen LogP contribution in [-0.4, -0.2) is 61.2 Å². The summed E-state index contributed by atoms with van der Waals surface area (Å²) < 4.78 is 5.76. The highest BCUT2D eigenvalue weighted by molar-refractivity contribution is 5.52. The minimum absolute atomic E-state index is 0.218. The van der Waals surface area contributed by atoms with E-state index in [-0.39, 0.29) is 6.10 Å². The van der Waals surface area contributed by atoms with E-state index in [0.29, 0.717) is 11.5 Å². The summed E-state index contributed by atoms with van der Waals surface area (Å²) >= 11 is 0. The largest absolute Gasteiger partial charge is 0.491 e. The van der Waals surface area contributed by atoms with Crippen molar-refractivity contribution in [1.82, 2.24) is 15.1 Å². The van der Waals surface area contributed by atoms with Crippen molar-refractivity contribution < 1.29 is 4.74 Å². The Morgan fingerprint density at radius 3 is 2.53 bits per heavy atom. The van der Waals surface area contributed by atoms with Gasteiger partial charge in [-0.2, -0.15) is 0 Å². The molecule has 2 atom stereocenters. The summed E-state index contributed by atoms with van der Waals surface area (Å²) in [5.74, 6) is 2.99. The van der Waals surface area contributed by atoms with Gasteiger partial charge in [0.2, 0.25) is 0 Å². The van der Waals surface area contributed by atoms with E-state index >= 15 is 0 Å². The van der Waals surface area contributed by atoms with Crippen LogP contribution >= 0.6 is 0 Å². The summed E-state index contributed by atoms with van der Waals surface area (Å²) in [5.41, 5.74) is 2.97. The number of likely N-dealkylation sites (tertiary alicyclic amines) is 2. The number of hydrogen-bond donors (Lipinski definition) is 1. The van der Waals surface area contributed by atoms with Gasteiger partial charge in [-0.25, -0.2) is 0 Å². The molecule has 4 saturated heterocycles. The van der Waals surface area contributed by atoms with Gasteiger partial charge < -0.3 is 24.8 Å². The van der Waals surface area contributed by atoms with Crippen LogP contribution in [0.15, 0.2) is 48.9 Å². The maximum atomic E-state index is 5.76. The molecule has 4 aliphatic heterocycles. The first-order valence-electron chi connectivity index (χ1n) is 11.6. The number of hydrogen-bond acceptors (Lipinski definition) is 5. The summed E-state index contributed by atoms with van der Waals surface area (Å²) in [6.07, 6.45) is 3.92. The summed E-state index contributed by atoms with van der Waals surface area (Å²) in [6.45, 7) is 19.5. The first-order chi connectivity index (χ1) is 14.4. The maximum Gasteiger partial charge on any atom is 0.119 e. The van der Waals surface area contributed by atoms with Crippen molar-refractivity contribution in [3.8, 4) is 5.75 Å². The van der Waals surface area contributed by atoms with Crippen molar-refractivity contribution in [1.29, 1.82) is 0 Å². The predicted octanol–water partition coefficient (Wildman–Crippen LogP) is 3.65. The van der Waals surface area contributed by atoms with Crippen molar-refractivity contribution in [2.75, 3.05) is 44.2 Å². The van der Waals surface area contributed by atoms with Gasteiger partial charge in [0.25, 0.3) is 0 Å². The van der Waals surface area contributed by atoms with Gasteiger partial charge in [-0.3, -0.25) is 0 Å². The molecule has 1 aromatic rings. The third-order valence-corrected chi connectivity index (χ3v) is 7.37. The van der Waals surface area contributed by atoms with Crippen molar-refractivity contribution in [3.63, 3.8) is 0 Å². The molecule has 0 aromatic heterocycles. The first kappa shape index (κ1) is 19.7. The molecule has 1 spiro atoms. The lowest BCUT2D eigenvalue weighted by molar-refractivity contribution is -0.0241. The molecule has 30 heavy (non-hydrogen) atoms. The first-order valence-corrected chi connectivity index (χ1v) is 11.6. The number of allylic oxidation sites excluding steroid dienone is 1. The second kappa shape index (κ2) is 7.44. The zero-order valence-corrected chi connectivity index (χ0v) is 18.6. The quantitative estimate of drug-likeness (QED) is 0.804. The summed E-state index contributed by atoms with van der Waals surface area (Å²) in [6, 6.07) is 9.11. The fraction of sp³-hybridized carbons (Fsp3) is 0.600. The minimum atomic E-state index is 0.218. The highest BCUT2D eigenvalue weighted by Crippen LogP contribution is 2.44. The second-order valence-corrected chi connectivity index (χ2v) is 10.2. The van der Waals surface area contributed by atoms with E-state index in [1.807, 2.05) is 0 Å². The smallest absolute Gasteiger partial charge is 0.119 e. The zero-order chi connectivity index (χ0) is 20.9. The van der Waals surface area contributed by atoms with Gasteiger partial charge in [0.05, 0.1) is 11.9 Å². The van der Waals surface area contributed by atoms with Gasteiger partial charge >= 0.3 is 0 Å². The van der Waals surface area contributed by atoms with Gasteiger partial charge in [-0.05, 0) is 63.3 Å². The van der Waals surface area contributed by atoms with Crippen LogP contribution in [0.5, 0.6) is 5.75 Å². The highest BCUT2D eigenvalue weighted by atomic mass is 16.5. The normalized spacial score (nSPS) is 27.3. The molecule has 0 radical (unpaired) electrons. The number of ether oxygens (including phenoxy) is 1. The number of anilines is 1. The predicted molar refractivity (Wildman–Crippen MR) is 123 cm³/mol. The van der Waals surface area contributed by atoms with Crippen molar-refractivity contribution in [2.24, 2.45) is 11.3 Å². The number of nitrogens with zero attached hydrogens (tertiary/aromatic N) is 3. The van der Waals surface area contributed by atoms with Crippen LogP contribution in [0.1, 0.15) is 33.1 Å². The second-order valence-electron chi connectivity index (χ2n) is 10.2. The Hall–Kier alpha value is -2.30. The lowest BCUT2D eigenvalue weighted by Gasteiger charge is -2.63. The maximum absolute atomic E-state index is 5.76. The molecular formula is C25H36N4O. The van der Waals surface area contributed by atoms with Gasteiger partial charge in [0.1, 0.15) is 5.75 Å². The molecular weight excluding hydrogens is 372 g/mol. The number of nitrogens with one attached hydrogen (secondary N) is 1. The molecule has 5 rings (SSSR count). The van der Waals surface area contributed by atoms with Crippen LogP contribution in [0.25, 0.3) is 0 Å². The molecule has 4 fully saturated rings.